The fourth-order valence-electron chi connectivity index (χ4n) is 7.64. The third-order valence-electron chi connectivity index (χ3n) is 9.90. The van der Waals surface area contributed by atoms with Crippen molar-refractivity contribution >= 4 is 37.6 Å². The van der Waals surface area contributed by atoms with Crippen molar-refractivity contribution in [3.63, 3.8) is 0 Å². The molecular weight excluding hydrogens is 766 g/mol. The maximum atomic E-state index is 15.3. The van der Waals surface area contributed by atoms with Gasteiger partial charge in [0.1, 0.15) is 28.7 Å². The molecule has 3 unspecified atom stereocenters. The highest BCUT2D eigenvalue weighted by Gasteiger charge is 2.55. The highest BCUT2D eigenvalue weighted by Crippen LogP contribution is 2.53. The van der Waals surface area contributed by atoms with E-state index in [1.54, 1.807) is 25.5 Å². The zero-order valence-electron chi connectivity index (χ0n) is 32.6. The van der Waals surface area contributed by atoms with E-state index in [4.69, 9.17) is 9.47 Å². The average molecular weight is 810 g/mol. The first kappa shape index (κ1) is 41.3. The van der Waals surface area contributed by atoms with Crippen molar-refractivity contribution in [1.82, 2.24) is 20.3 Å². The van der Waals surface area contributed by atoms with E-state index in [2.05, 4.69) is 40.6 Å². The molecule has 0 aliphatic heterocycles. The summed E-state index contributed by atoms with van der Waals surface area (Å²) in [5.74, 6) is -5.72. The predicted octanol–water partition coefficient (Wildman–Crippen LogP) is 8.56. The Kier molecular flexibility index (Phi) is 11.2. The van der Waals surface area contributed by atoms with Crippen LogP contribution in [0.4, 0.5) is 27.6 Å². The van der Waals surface area contributed by atoms with E-state index in [0.29, 0.717) is 30.7 Å². The topological polar surface area (TPSA) is 124 Å². The van der Waals surface area contributed by atoms with E-state index in [0.717, 1.165) is 23.9 Å². The molecule has 0 saturated heterocycles. The normalized spacial score (nSPS) is 20.1. The van der Waals surface area contributed by atoms with Crippen molar-refractivity contribution < 1.29 is 45.8 Å². The summed E-state index contributed by atoms with van der Waals surface area (Å²) in [4.78, 5) is 41.2. The number of ether oxygens (including phenoxy) is 2. The molecule has 2 saturated carbocycles. The summed E-state index contributed by atoms with van der Waals surface area (Å²) >= 11 is 0. The van der Waals surface area contributed by atoms with E-state index in [9.17, 15) is 31.9 Å². The zero-order chi connectivity index (χ0) is 41.6. The number of anilines is 1. The monoisotopic (exact) mass is 809 g/mol. The molecule has 0 radical (unpaired) electrons. The highest BCUT2D eigenvalue weighted by atomic mass is 28.3. The number of esters is 1. The summed E-state index contributed by atoms with van der Waals surface area (Å²) in [6, 6.07) is 9.58. The van der Waals surface area contributed by atoms with Gasteiger partial charge in [-0.25, -0.2) is 13.6 Å². The highest BCUT2D eigenvalue weighted by molar-refractivity contribution is 6.74. The van der Waals surface area contributed by atoms with Crippen LogP contribution in [0.1, 0.15) is 65.6 Å². The summed E-state index contributed by atoms with van der Waals surface area (Å²) in [7, 11) is -0.189. The first-order chi connectivity index (χ1) is 26.6. The van der Waals surface area contributed by atoms with Crippen LogP contribution in [0.15, 0.2) is 66.4 Å². The third kappa shape index (κ3) is 9.27. The van der Waals surface area contributed by atoms with Gasteiger partial charge in [-0.3, -0.25) is 14.3 Å². The van der Waals surface area contributed by atoms with Crippen LogP contribution in [-0.2, 0) is 21.9 Å². The second-order valence-electron chi connectivity index (χ2n) is 16.7. The lowest BCUT2D eigenvalue weighted by Crippen LogP contribution is -2.48. The molecule has 6 rings (SSSR count). The Labute approximate surface area is 327 Å². The largest absolute Gasteiger partial charge is 0.496 e. The van der Waals surface area contributed by atoms with Gasteiger partial charge in [0.15, 0.2) is 0 Å². The first-order valence-corrected chi connectivity index (χ1v) is 22.1. The smallest absolute Gasteiger partial charge is 0.419 e. The van der Waals surface area contributed by atoms with Gasteiger partial charge in [0, 0.05) is 29.4 Å². The summed E-state index contributed by atoms with van der Waals surface area (Å²) in [5.41, 5.74) is -0.803. The Bertz CT molecular complexity index is 2240. The maximum absolute atomic E-state index is 15.3. The quantitative estimate of drug-likeness (QED) is 0.0935. The molecule has 3 aromatic carbocycles. The van der Waals surface area contributed by atoms with Crippen LogP contribution in [0.2, 0.25) is 19.6 Å². The van der Waals surface area contributed by atoms with Gasteiger partial charge in [-0.1, -0.05) is 36.5 Å². The molecule has 1 heterocycles. The second kappa shape index (κ2) is 15.5. The molecule has 4 aromatic rings. The fraction of sp³-hybridized carbons (Fsp3) is 0.390. The van der Waals surface area contributed by atoms with E-state index in [1.165, 1.54) is 37.4 Å². The maximum Gasteiger partial charge on any atom is 0.419 e. The first-order valence-electron chi connectivity index (χ1n) is 18.4. The minimum absolute atomic E-state index is 0.00664. The standard InChI is InChI=1S/C41H44F5N5O5Si/c1-40(2,3)56-39(54)23-8-13-32(42)28(17-23)22-9-15-34(55-4)30(16-22)37(52)48-36-27-12-11-26(29(27)18-25-20-51(50-49-25)21-57(5,6)7)35(36)38(53)47-24-10-14-33(43)31(19-24)41(44,45)46/h8-10,13-20,26-27,35-36H,11-12,21H2,1-7H3,(H,47,53)(H,48,52)/b29-18-/t26?,27?,35-,36?/m0/s1. The number of halogens is 5. The van der Waals surface area contributed by atoms with E-state index in [1.807, 2.05) is 12.3 Å². The van der Waals surface area contributed by atoms with Gasteiger partial charge in [0.05, 0.1) is 44.0 Å². The van der Waals surface area contributed by atoms with Crippen molar-refractivity contribution in [1.29, 1.82) is 0 Å². The molecule has 2 amide bonds. The number of hydrogen-bond acceptors (Lipinski definition) is 7. The number of carbonyl (C=O) groups is 3. The Morgan fingerprint density at radius 1 is 0.947 bits per heavy atom. The van der Waals surface area contributed by atoms with Gasteiger partial charge >= 0.3 is 12.1 Å². The number of aromatic nitrogens is 3. The van der Waals surface area contributed by atoms with Crippen molar-refractivity contribution in [3.8, 4) is 16.9 Å². The number of rotatable bonds is 10. The Morgan fingerprint density at radius 2 is 1.65 bits per heavy atom. The predicted molar refractivity (Wildman–Crippen MR) is 206 cm³/mol. The molecule has 2 aliphatic rings. The number of benzene rings is 3. The van der Waals surface area contributed by atoms with E-state index in [-0.39, 0.29) is 39.6 Å². The molecule has 16 heteroatoms. The van der Waals surface area contributed by atoms with Crippen molar-refractivity contribution in [2.45, 2.75) is 77.2 Å². The van der Waals surface area contributed by atoms with Crippen LogP contribution >= 0.6 is 0 Å². The minimum atomic E-state index is -5.00. The molecule has 10 nitrogen and oxygen atoms in total. The van der Waals surface area contributed by atoms with Crippen molar-refractivity contribution in [2.24, 2.45) is 17.8 Å². The van der Waals surface area contributed by atoms with Crippen molar-refractivity contribution in [2.75, 3.05) is 12.4 Å². The average Bonchev–Trinajstić information content (AvgIpc) is 3.80. The lowest BCUT2D eigenvalue weighted by atomic mass is 9.83. The molecule has 2 N–H and O–H groups in total. The number of alkyl halides is 3. The third-order valence-corrected chi connectivity index (χ3v) is 11.2. The van der Waals surface area contributed by atoms with Crippen LogP contribution in [0.5, 0.6) is 5.75 Å². The van der Waals surface area contributed by atoms with Gasteiger partial charge < -0.3 is 20.1 Å². The van der Waals surface area contributed by atoms with Gasteiger partial charge in [0.2, 0.25) is 5.91 Å². The molecule has 0 spiro atoms. The molecule has 57 heavy (non-hydrogen) atoms. The number of nitrogens with zero attached hydrogens (tertiary/aromatic N) is 3. The fourth-order valence-corrected chi connectivity index (χ4v) is 8.77. The SMILES string of the molecule is COc1ccc(-c2cc(C(=O)OC(C)(C)C)ccc2F)cc1C(=O)NC1C2CCC(/C2=C/c2cn(C[Si](C)(C)C)nn2)[C@@H]1C(=O)Nc1ccc(F)c(C(F)(F)F)c1. The van der Waals surface area contributed by atoms with Crippen molar-refractivity contribution in [3.05, 3.63) is 100 Å². The summed E-state index contributed by atoms with van der Waals surface area (Å²) < 4.78 is 82.9. The zero-order valence-corrected chi connectivity index (χ0v) is 33.6. The van der Waals surface area contributed by atoms with Crippen LogP contribution in [0, 0.1) is 29.4 Å². The Morgan fingerprint density at radius 3 is 2.32 bits per heavy atom. The van der Waals surface area contributed by atoms with Gasteiger partial charge in [-0.2, -0.15) is 13.2 Å². The second-order valence-corrected chi connectivity index (χ2v) is 22.1. The number of fused-ring (bicyclic) bond motifs is 2. The Balaban J connectivity index is 1.35. The van der Waals surface area contributed by atoms with Gasteiger partial charge in [-0.15, -0.1) is 5.10 Å². The molecule has 1 aromatic heterocycles. The van der Waals surface area contributed by atoms with E-state index < -0.39 is 72.7 Å². The number of amides is 2. The Hall–Kier alpha value is -5.38. The molecule has 2 bridgehead atoms. The molecule has 4 atom stereocenters. The molecular formula is C41H44F5N5O5Si. The number of carbonyl (C=O) groups excluding carboxylic acids is 3. The summed E-state index contributed by atoms with van der Waals surface area (Å²) in [5, 5.41) is 14.1. The number of methoxy groups -OCH3 is 1. The molecule has 2 aliphatic carbocycles. The minimum Gasteiger partial charge on any atom is -0.496 e. The van der Waals surface area contributed by atoms with E-state index >= 15 is 4.39 Å². The number of nitrogens with one attached hydrogen (secondary N) is 2. The van der Waals surface area contributed by atoms with Crippen LogP contribution in [-0.4, -0.2) is 59.6 Å². The van der Waals surface area contributed by atoms with Crippen LogP contribution in [0.3, 0.4) is 0 Å². The lowest BCUT2D eigenvalue weighted by molar-refractivity contribution is -0.140. The number of hydrogen-bond donors (Lipinski definition) is 2. The summed E-state index contributed by atoms with van der Waals surface area (Å²) in [6.45, 7) is 11.7. The van der Waals surface area contributed by atoms with Crippen LogP contribution in [0.25, 0.3) is 17.2 Å². The lowest BCUT2D eigenvalue weighted by Gasteiger charge is -2.30. The van der Waals surface area contributed by atoms with Gasteiger partial charge in [-0.05, 0) is 99.7 Å². The van der Waals surface area contributed by atoms with Crippen LogP contribution < -0.4 is 15.4 Å². The van der Waals surface area contributed by atoms with Gasteiger partial charge in [0.25, 0.3) is 5.91 Å². The molecule has 302 valence electrons. The summed E-state index contributed by atoms with van der Waals surface area (Å²) in [6.07, 6.45) is 0.535. The molecule has 2 fully saturated rings.